The van der Waals surface area contributed by atoms with Crippen molar-refractivity contribution in [3.63, 3.8) is 0 Å². The van der Waals surface area contributed by atoms with E-state index in [1.807, 2.05) is 30.3 Å². The van der Waals surface area contributed by atoms with Crippen LogP contribution in [0.3, 0.4) is 0 Å². The van der Waals surface area contributed by atoms with Gasteiger partial charge in [0.05, 0.1) is 43.7 Å². The fourth-order valence-corrected chi connectivity index (χ4v) is 7.22. The Morgan fingerprint density at radius 2 is 1.36 bits per heavy atom. The van der Waals surface area contributed by atoms with E-state index in [9.17, 15) is 24.6 Å². The molecule has 226 valence electrons. The molecule has 6 aromatic carbocycles. The number of ketones is 1. The van der Waals surface area contributed by atoms with Gasteiger partial charge in [0.25, 0.3) is 0 Å². The third kappa shape index (κ3) is 3.70. The smallest absolute Gasteiger partial charge is 0.232 e. The summed E-state index contributed by atoms with van der Waals surface area (Å²) in [5.41, 5.74) is 1.50. The number of phenolic OH excluding ortho intramolecular Hbond substituents is 2. The Hall–Kier alpha value is -5.57. The molecule has 7 rings (SSSR count). The van der Waals surface area contributed by atoms with Gasteiger partial charge < -0.3 is 29.7 Å². The zero-order valence-corrected chi connectivity index (χ0v) is 25.2. The molecule has 0 fully saturated rings. The number of carbonyl (C=O) groups is 1. The Morgan fingerprint density at radius 1 is 0.778 bits per heavy atom. The van der Waals surface area contributed by atoms with Gasteiger partial charge in [0.2, 0.25) is 10.9 Å². The molecule has 1 unspecified atom stereocenters. The van der Waals surface area contributed by atoms with Gasteiger partial charge in [0, 0.05) is 56.7 Å². The van der Waals surface area contributed by atoms with Gasteiger partial charge in [-0.1, -0.05) is 42.0 Å². The maximum atomic E-state index is 14.5. The van der Waals surface area contributed by atoms with Gasteiger partial charge in [-0.2, -0.15) is 0 Å². The minimum Gasteiger partial charge on any atom is -0.507 e. The van der Waals surface area contributed by atoms with E-state index in [1.165, 1.54) is 40.4 Å². The lowest BCUT2D eigenvalue weighted by molar-refractivity contribution is -0.117. The highest BCUT2D eigenvalue weighted by Gasteiger charge is 2.37. The lowest BCUT2D eigenvalue weighted by atomic mass is 9.80. The number of anilines is 1. The predicted molar refractivity (Wildman–Crippen MR) is 175 cm³/mol. The quantitative estimate of drug-likeness (QED) is 0.148. The lowest BCUT2D eigenvalue weighted by Gasteiger charge is -2.24. The van der Waals surface area contributed by atoms with Crippen LogP contribution in [0.15, 0.2) is 57.6 Å². The van der Waals surface area contributed by atoms with Crippen LogP contribution in [-0.4, -0.2) is 37.3 Å². The number of methoxy groups -OCH3 is 3. The van der Waals surface area contributed by atoms with Crippen LogP contribution >= 0.6 is 0 Å². The number of nitrogens with one attached hydrogen (secondary N) is 1. The topological polar surface area (TPSA) is 131 Å². The Balaban J connectivity index is 1.86. The predicted octanol–water partition coefficient (Wildman–Crippen LogP) is 6.03. The first-order valence-corrected chi connectivity index (χ1v) is 14.4. The molecule has 1 atom stereocenters. The molecular formula is C36H29NO8. The summed E-state index contributed by atoms with van der Waals surface area (Å²) < 4.78 is 17.3. The first kappa shape index (κ1) is 28.2. The van der Waals surface area contributed by atoms with Crippen molar-refractivity contribution in [2.45, 2.75) is 26.3 Å². The zero-order valence-electron chi connectivity index (χ0n) is 25.2. The molecule has 9 nitrogen and oxygen atoms in total. The molecule has 0 aliphatic heterocycles. The van der Waals surface area contributed by atoms with Gasteiger partial charge >= 0.3 is 0 Å². The average Bonchev–Trinajstić information content (AvgIpc) is 3.15. The van der Waals surface area contributed by atoms with Crippen LogP contribution in [0.25, 0.3) is 49.2 Å². The minimum atomic E-state index is -0.909. The SMILES string of the molecule is COc1c2c3c4c(c(NCc5ccccc5)c(=O)c5c(O)cc(OC)c(c6c(OC)cc(O)c(c1=O)c63)c54)C=C(C)C2C(C)=O. The third-order valence-corrected chi connectivity index (χ3v) is 8.96. The van der Waals surface area contributed by atoms with Crippen LogP contribution in [-0.2, 0) is 11.3 Å². The second-order valence-corrected chi connectivity index (χ2v) is 11.4. The van der Waals surface area contributed by atoms with E-state index < -0.39 is 16.8 Å². The minimum absolute atomic E-state index is 0.0203. The summed E-state index contributed by atoms with van der Waals surface area (Å²) in [5, 5.41) is 28.5. The maximum absolute atomic E-state index is 14.5. The van der Waals surface area contributed by atoms with Crippen molar-refractivity contribution in [1.82, 2.24) is 0 Å². The average molecular weight is 604 g/mol. The van der Waals surface area contributed by atoms with Gasteiger partial charge in [-0.25, -0.2) is 0 Å². The third-order valence-electron chi connectivity index (χ3n) is 8.96. The number of benzene rings is 6. The Morgan fingerprint density at radius 3 is 1.91 bits per heavy atom. The van der Waals surface area contributed by atoms with E-state index in [0.29, 0.717) is 55.6 Å². The fraction of sp³-hybridized carbons (Fsp3) is 0.194. The highest BCUT2D eigenvalue weighted by molar-refractivity contribution is 6.39. The first-order valence-electron chi connectivity index (χ1n) is 14.4. The number of aromatic hydroxyl groups is 2. The van der Waals surface area contributed by atoms with E-state index in [1.54, 1.807) is 13.0 Å². The Labute approximate surface area is 256 Å². The van der Waals surface area contributed by atoms with Crippen molar-refractivity contribution in [3.05, 3.63) is 85.2 Å². The van der Waals surface area contributed by atoms with E-state index in [-0.39, 0.29) is 51.0 Å². The molecule has 0 saturated heterocycles. The van der Waals surface area contributed by atoms with E-state index in [4.69, 9.17) is 14.2 Å². The molecule has 45 heavy (non-hydrogen) atoms. The van der Waals surface area contributed by atoms with Gasteiger partial charge in [-0.3, -0.25) is 14.4 Å². The molecule has 0 saturated carbocycles. The van der Waals surface area contributed by atoms with Crippen LogP contribution in [0, 0.1) is 0 Å². The number of carbonyl (C=O) groups excluding carboxylic acids is 1. The number of phenols is 2. The second-order valence-electron chi connectivity index (χ2n) is 11.4. The van der Waals surface area contributed by atoms with Gasteiger partial charge in [0.15, 0.2) is 5.75 Å². The summed E-state index contributed by atoms with van der Waals surface area (Å²) in [6.45, 7) is 3.52. The van der Waals surface area contributed by atoms with Crippen molar-refractivity contribution in [3.8, 4) is 28.7 Å². The molecular weight excluding hydrogens is 574 g/mol. The van der Waals surface area contributed by atoms with Crippen molar-refractivity contribution in [2.24, 2.45) is 0 Å². The fourth-order valence-electron chi connectivity index (χ4n) is 7.22. The molecule has 0 radical (unpaired) electrons. The van der Waals surface area contributed by atoms with Crippen molar-refractivity contribution in [2.75, 3.05) is 26.6 Å². The summed E-state index contributed by atoms with van der Waals surface area (Å²) in [6, 6.07) is 12.3. The van der Waals surface area contributed by atoms with Crippen molar-refractivity contribution in [1.29, 1.82) is 0 Å². The largest absolute Gasteiger partial charge is 0.507 e. The van der Waals surface area contributed by atoms with E-state index in [0.717, 1.165) is 5.56 Å². The molecule has 0 spiro atoms. The molecule has 0 amide bonds. The van der Waals surface area contributed by atoms with E-state index in [2.05, 4.69) is 5.32 Å². The van der Waals surface area contributed by atoms with Crippen molar-refractivity contribution >= 4 is 60.6 Å². The van der Waals surface area contributed by atoms with Crippen LogP contribution in [0.5, 0.6) is 28.7 Å². The van der Waals surface area contributed by atoms with Crippen LogP contribution in [0.2, 0.25) is 0 Å². The molecule has 6 aromatic rings. The number of ether oxygens (including phenoxy) is 3. The molecule has 1 aliphatic rings. The molecule has 0 aromatic heterocycles. The number of fused-ring (bicyclic) bond motifs is 1. The van der Waals surface area contributed by atoms with Crippen LogP contribution < -0.4 is 30.4 Å². The summed E-state index contributed by atoms with van der Waals surface area (Å²) in [7, 11) is 4.23. The summed E-state index contributed by atoms with van der Waals surface area (Å²) in [6.07, 6.45) is 1.79. The monoisotopic (exact) mass is 603 g/mol. The van der Waals surface area contributed by atoms with Gasteiger partial charge in [-0.05, 0) is 24.8 Å². The number of hydrogen-bond acceptors (Lipinski definition) is 9. The molecule has 0 bridgehead atoms. The number of allylic oxidation sites excluding steroid dienone is 1. The van der Waals surface area contributed by atoms with Gasteiger partial charge in [0.1, 0.15) is 28.8 Å². The summed E-state index contributed by atoms with van der Waals surface area (Å²) in [4.78, 5) is 42.1. The molecule has 1 aliphatic carbocycles. The standard InChI is InChI=1S/C36H29NO8/c1-15-11-18-24-29-25(34(41)33(18)37-14-17-9-7-6-8-10-17)19(39)12-21(43-3)27(29)28-22(44-4)13-20(40)26-31(28)30(24)32(23(15)16(2)38)36(45-5)35(26)42/h6-13,23,37,39-40H,14H2,1-5H3. The summed E-state index contributed by atoms with van der Waals surface area (Å²) >= 11 is 0. The molecule has 0 heterocycles. The van der Waals surface area contributed by atoms with E-state index >= 15 is 0 Å². The lowest BCUT2D eigenvalue weighted by Crippen LogP contribution is -2.18. The second kappa shape index (κ2) is 9.99. The molecule has 3 N–H and O–H groups in total. The van der Waals surface area contributed by atoms with Gasteiger partial charge in [-0.15, -0.1) is 0 Å². The maximum Gasteiger partial charge on any atom is 0.232 e. The van der Waals surface area contributed by atoms with Crippen molar-refractivity contribution < 1.29 is 29.2 Å². The Bertz CT molecular complexity index is 2380. The zero-order chi connectivity index (χ0) is 31.9. The number of hydrogen-bond donors (Lipinski definition) is 3. The highest BCUT2D eigenvalue weighted by atomic mass is 16.5. The highest BCUT2D eigenvalue weighted by Crippen LogP contribution is 2.55. The van der Waals surface area contributed by atoms with Crippen LogP contribution in [0.1, 0.15) is 36.5 Å². The van der Waals surface area contributed by atoms with Crippen LogP contribution in [0.4, 0.5) is 5.69 Å². The number of Topliss-reactive ketones (excluding diaryl/α,β-unsaturated/α-hetero) is 1. The summed E-state index contributed by atoms with van der Waals surface area (Å²) in [5.74, 6) is -1.40. The normalized spacial score (nSPS) is 14.3. The first-order chi connectivity index (χ1) is 21.6. The number of rotatable bonds is 7. The Kier molecular flexibility index (Phi) is 6.26. The molecule has 9 heteroatoms.